The van der Waals surface area contributed by atoms with Crippen LogP contribution in [0.1, 0.15) is 0 Å². The monoisotopic (exact) mass is 553 g/mol. The predicted molar refractivity (Wildman–Crippen MR) is 170 cm³/mol. The van der Waals surface area contributed by atoms with Crippen LogP contribution in [0.25, 0.3) is 78.6 Å². The number of nitrogens with zero attached hydrogens (tertiary/aromatic N) is 5. The molecule has 0 atom stereocenters. The van der Waals surface area contributed by atoms with Crippen molar-refractivity contribution in [2.24, 2.45) is 0 Å². The van der Waals surface area contributed by atoms with Crippen molar-refractivity contribution in [2.75, 3.05) is 0 Å². The maximum atomic E-state index is 6.37. The van der Waals surface area contributed by atoms with Crippen LogP contribution in [0.4, 0.5) is 0 Å². The smallest absolute Gasteiger partial charge is 0.164 e. The van der Waals surface area contributed by atoms with Crippen LogP contribution in [0.3, 0.4) is 0 Å². The standard InChI is InChI=1S/C37H23N5O/c1-3-10-25(11-4-1)35-40-36(26-12-5-2-6-13-26)42-37(41-35)27-19-17-24(18-20-27)28-14-9-16-31-32(28)29-21-23-39-33(34(29)43-31)30-15-7-8-22-38-30/h1-23H. The lowest BCUT2D eigenvalue weighted by atomic mass is 9.98. The summed E-state index contributed by atoms with van der Waals surface area (Å²) in [5, 5.41) is 2.05. The number of hydrogen-bond donors (Lipinski definition) is 0. The number of furan rings is 1. The minimum absolute atomic E-state index is 0.623. The van der Waals surface area contributed by atoms with Gasteiger partial charge >= 0.3 is 0 Å². The Morgan fingerprint density at radius 1 is 0.442 bits per heavy atom. The van der Waals surface area contributed by atoms with Crippen molar-refractivity contribution in [3.8, 4) is 56.7 Å². The highest BCUT2D eigenvalue weighted by molar-refractivity contribution is 6.14. The van der Waals surface area contributed by atoms with Gasteiger partial charge in [-0.1, -0.05) is 103 Å². The largest absolute Gasteiger partial charge is 0.454 e. The fourth-order valence-electron chi connectivity index (χ4n) is 5.41. The number of benzene rings is 4. The third-order valence-electron chi connectivity index (χ3n) is 7.47. The molecule has 4 aromatic carbocycles. The van der Waals surface area contributed by atoms with Crippen LogP contribution in [0.2, 0.25) is 0 Å². The Balaban J connectivity index is 1.23. The van der Waals surface area contributed by atoms with Gasteiger partial charge in [-0.3, -0.25) is 9.97 Å². The van der Waals surface area contributed by atoms with Crippen LogP contribution in [-0.2, 0) is 0 Å². The van der Waals surface area contributed by atoms with E-state index in [1.54, 1.807) is 6.20 Å². The third kappa shape index (κ3) is 4.51. The van der Waals surface area contributed by atoms with Crippen LogP contribution in [-0.4, -0.2) is 24.9 Å². The maximum Gasteiger partial charge on any atom is 0.164 e. The molecular formula is C37H23N5O. The Bertz CT molecular complexity index is 2150. The average Bonchev–Trinajstić information content (AvgIpc) is 3.49. The molecule has 0 aliphatic carbocycles. The molecule has 4 aromatic heterocycles. The van der Waals surface area contributed by atoms with Gasteiger partial charge in [-0.05, 0) is 35.4 Å². The summed E-state index contributed by atoms with van der Waals surface area (Å²) in [5.74, 6) is 1.90. The zero-order valence-electron chi connectivity index (χ0n) is 22.9. The van der Waals surface area contributed by atoms with Gasteiger partial charge in [0.1, 0.15) is 11.3 Å². The predicted octanol–water partition coefficient (Wildman–Crippen LogP) is 8.90. The van der Waals surface area contributed by atoms with E-state index in [0.29, 0.717) is 17.5 Å². The van der Waals surface area contributed by atoms with Crippen molar-refractivity contribution < 1.29 is 4.42 Å². The fourth-order valence-corrected chi connectivity index (χ4v) is 5.41. The van der Waals surface area contributed by atoms with E-state index in [9.17, 15) is 0 Å². The van der Waals surface area contributed by atoms with Crippen molar-refractivity contribution >= 4 is 21.9 Å². The van der Waals surface area contributed by atoms with E-state index in [1.165, 1.54) is 0 Å². The quantitative estimate of drug-likeness (QED) is 0.212. The lowest BCUT2D eigenvalue weighted by Gasteiger charge is -2.09. The second-order valence-electron chi connectivity index (χ2n) is 10.1. The summed E-state index contributed by atoms with van der Waals surface area (Å²) < 4.78 is 6.37. The topological polar surface area (TPSA) is 77.6 Å². The fraction of sp³-hybridized carbons (Fsp3) is 0. The van der Waals surface area contributed by atoms with Crippen LogP contribution >= 0.6 is 0 Å². The molecule has 8 aromatic rings. The summed E-state index contributed by atoms with van der Waals surface area (Å²) in [6, 6.07) is 42.3. The molecule has 0 aliphatic heterocycles. The molecule has 4 heterocycles. The van der Waals surface area contributed by atoms with Gasteiger partial charge in [-0.15, -0.1) is 0 Å². The maximum absolute atomic E-state index is 6.37. The molecule has 8 rings (SSSR count). The first-order chi connectivity index (χ1) is 21.3. The number of rotatable bonds is 5. The van der Waals surface area contributed by atoms with E-state index in [1.807, 2.05) is 103 Å². The molecule has 6 nitrogen and oxygen atoms in total. The number of fused-ring (bicyclic) bond motifs is 3. The van der Waals surface area contributed by atoms with Crippen LogP contribution in [0.15, 0.2) is 144 Å². The van der Waals surface area contributed by atoms with Gasteiger partial charge in [-0.25, -0.2) is 15.0 Å². The van der Waals surface area contributed by atoms with Crippen molar-refractivity contribution in [1.29, 1.82) is 0 Å². The molecule has 0 saturated heterocycles. The first kappa shape index (κ1) is 24.8. The molecule has 0 spiro atoms. The lowest BCUT2D eigenvalue weighted by molar-refractivity contribution is 0.668. The van der Waals surface area contributed by atoms with Gasteiger partial charge in [0.25, 0.3) is 0 Å². The first-order valence-electron chi connectivity index (χ1n) is 14.0. The number of pyridine rings is 2. The van der Waals surface area contributed by atoms with Gasteiger partial charge in [0.15, 0.2) is 23.1 Å². The van der Waals surface area contributed by atoms with Crippen molar-refractivity contribution in [2.45, 2.75) is 0 Å². The van der Waals surface area contributed by atoms with E-state index < -0.39 is 0 Å². The summed E-state index contributed by atoms with van der Waals surface area (Å²) in [6.45, 7) is 0. The van der Waals surface area contributed by atoms with Gasteiger partial charge in [0.05, 0.1) is 5.69 Å². The Hall–Kier alpha value is -6.01. The summed E-state index contributed by atoms with van der Waals surface area (Å²) in [6.07, 6.45) is 3.58. The molecule has 0 fully saturated rings. The third-order valence-corrected chi connectivity index (χ3v) is 7.47. The zero-order chi connectivity index (χ0) is 28.6. The highest BCUT2D eigenvalue weighted by Gasteiger charge is 2.18. The van der Waals surface area contributed by atoms with Crippen LogP contribution in [0.5, 0.6) is 0 Å². The SMILES string of the molecule is c1ccc(-c2nc(-c3ccccc3)nc(-c3ccc(-c4cccc5oc6c(-c7ccccn7)nccc6c45)cc3)n2)cc1. The van der Waals surface area contributed by atoms with Gasteiger partial charge in [-0.2, -0.15) is 0 Å². The van der Waals surface area contributed by atoms with Crippen LogP contribution in [0, 0.1) is 0 Å². The normalized spacial score (nSPS) is 11.3. The summed E-state index contributed by atoms with van der Waals surface area (Å²) in [4.78, 5) is 23.7. The van der Waals surface area contributed by atoms with E-state index in [-0.39, 0.29) is 0 Å². The van der Waals surface area contributed by atoms with Crippen molar-refractivity contribution in [3.63, 3.8) is 0 Å². The molecule has 0 N–H and O–H groups in total. The Labute approximate surface area is 247 Å². The number of hydrogen-bond acceptors (Lipinski definition) is 6. The first-order valence-corrected chi connectivity index (χ1v) is 14.0. The molecule has 0 saturated carbocycles. The average molecular weight is 554 g/mol. The van der Waals surface area contributed by atoms with Gasteiger partial charge in [0, 0.05) is 39.9 Å². The van der Waals surface area contributed by atoms with E-state index in [0.717, 1.165) is 61.1 Å². The molecule has 6 heteroatoms. The van der Waals surface area contributed by atoms with Gasteiger partial charge in [0.2, 0.25) is 0 Å². The number of aromatic nitrogens is 5. The minimum Gasteiger partial charge on any atom is -0.454 e. The second-order valence-corrected chi connectivity index (χ2v) is 10.1. The summed E-state index contributed by atoms with van der Waals surface area (Å²) in [7, 11) is 0. The Kier molecular flexibility index (Phi) is 6.01. The van der Waals surface area contributed by atoms with E-state index >= 15 is 0 Å². The van der Waals surface area contributed by atoms with Crippen molar-refractivity contribution in [1.82, 2.24) is 24.9 Å². The molecule has 0 unspecified atom stereocenters. The molecule has 0 amide bonds. The Morgan fingerprint density at radius 3 is 1.67 bits per heavy atom. The van der Waals surface area contributed by atoms with Gasteiger partial charge < -0.3 is 4.42 Å². The molecule has 43 heavy (non-hydrogen) atoms. The zero-order valence-corrected chi connectivity index (χ0v) is 22.9. The molecule has 0 radical (unpaired) electrons. The highest BCUT2D eigenvalue weighted by Crippen LogP contribution is 2.39. The summed E-state index contributed by atoms with van der Waals surface area (Å²) >= 11 is 0. The van der Waals surface area contributed by atoms with E-state index in [4.69, 9.17) is 19.4 Å². The molecule has 202 valence electrons. The lowest BCUT2D eigenvalue weighted by Crippen LogP contribution is -2.00. The Morgan fingerprint density at radius 2 is 1.05 bits per heavy atom. The highest BCUT2D eigenvalue weighted by atomic mass is 16.3. The second kappa shape index (κ2) is 10.4. The van der Waals surface area contributed by atoms with Crippen LogP contribution < -0.4 is 0 Å². The summed E-state index contributed by atoms with van der Waals surface area (Å²) in [5.41, 5.74) is 7.98. The molecule has 0 aliphatic rings. The molecular weight excluding hydrogens is 530 g/mol. The minimum atomic E-state index is 0.623. The van der Waals surface area contributed by atoms with Crippen molar-refractivity contribution in [3.05, 3.63) is 140 Å². The van der Waals surface area contributed by atoms with E-state index in [2.05, 4.69) is 40.3 Å². The molecule has 0 bridgehead atoms.